The van der Waals surface area contributed by atoms with Gasteiger partial charge in [-0.25, -0.2) is 4.79 Å². The Bertz CT molecular complexity index is 729. The van der Waals surface area contributed by atoms with Crippen molar-refractivity contribution in [1.82, 2.24) is 10.6 Å². The minimum atomic E-state index is -0.232. The molecule has 0 atom stereocenters. The van der Waals surface area contributed by atoms with Gasteiger partial charge in [0.15, 0.2) is 11.5 Å². The Morgan fingerprint density at radius 3 is 2.07 bits per heavy atom. The first-order chi connectivity index (χ1) is 13.0. The number of carbonyl (C=O) groups is 1. The summed E-state index contributed by atoms with van der Waals surface area (Å²) >= 11 is 0. The van der Waals surface area contributed by atoms with Crippen LogP contribution < -0.4 is 24.8 Å². The van der Waals surface area contributed by atoms with Crippen molar-refractivity contribution in [1.29, 1.82) is 0 Å². The summed E-state index contributed by atoms with van der Waals surface area (Å²) in [7, 11) is 3.17. The third-order valence-corrected chi connectivity index (χ3v) is 3.86. The summed E-state index contributed by atoms with van der Waals surface area (Å²) in [6.07, 6.45) is 0. The van der Waals surface area contributed by atoms with Crippen LogP contribution in [0.5, 0.6) is 17.2 Å². The largest absolute Gasteiger partial charge is 0.493 e. The zero-order valence-corrected chi connectivity index (χ0v) is 16.4. The van der Waals surface area contributed by atoms with Gasteiger partial charge in [-0.05, 0) is 41.3 Å². The fourth-order valence-electron chi connectivity index (χ4n) is 2.38. The van der Waals surface area contributed by atoms with E-state index in [2.05, 4.69) is 24.5 Å². The molecular formula is C21H28N2O4. The molecule has 0 spiro atoms. The lowest BCUT2D eigenvalue weighted by Gasteiger charge is -2.11. The molecule has 0 radical (unpaired) electrons. The normalized spacial score (nSPS) is 10.4. The maximum absolute atomic E-state index is 12.0. The minimum Gasteiger partial charge on any atom is -0.493 e. The van der Waals surface area contributed by atoms with Gasteiger partial charge in [0.25, 0.3) is 0 Å². The highest BCUT2D eigenvalue weighted by Crippen LogP contribution is 2.27. The molecule has 2 amide bonds. The van der Waals surface area contributed by atoms with Crippen molar-refractivity contribution >= 4 is 6.03 Å². The molecule has 0 bridgehead atoms. The Hall–Kier alpha value is -2.89. The topological polar surface area (TPSA) is 68.8 Å². The molecule has 6 nitrogen and oxygen atoms in total. The van der Waals surface area contributed by atoms with Crippen LogP contribution in [0.3, 0.4) is 0 Å². The highest BCUT2D eigenvalue weighted by molar-refractivity contribution is 5.73. The Morgan fingerprint density at radius 2 is 1.48 bits per heavy atom. The Morgan fingerprint density at radius 1 is 0.889 bits per heavy atom. The van der Waals surface area contributed by atoms with E-state index in [0.717, 1.165) is 16.9 Å². The van der Waals surface area contributed by atoms with Crippen molar-refractivity contribution in [3.63, 3.8) is 0 Å². The SMILES string of the molecule is COc1ccc(CNC(=O)NCc2ccc(OCC(C)C)cc2)cc1OC. The average Bonchev–Trinajstić information content (AvgIpc) is 2.69. The van der Waals surface area contributed by atoms with Crippen LogP contribution in [0.2, 0.25) is 0 Å². The second-order valence-corrected chi connectivity index (χ2v) is 6.57. The van der Waals surface area contributed by atoms with Crippen LogP contribution in [0.25, 0.3) is 0 Å². The molecule has 0 heterocycles. The number of amides is 2. The second-order valence-electron chi connectivity index (χ2n) is 6.57. The molecule has 0 fully saturated rings. The fraction of sp³-hybridized carbons (Fsp3) is 0.381. The van der Waals surface area contributed by atoms with E-state index in [1.165, 1.54) is 0 Å². The third kappa shape index (κ3) is 6.73. The van der Waals surface area contributed by atoms with Crippen molar-refractivity contribution in [2.24, 2.45) is 5.92 Å². The first-order valence-electron chi connectivity index (χ1n) is 8.96. The van der Waals surface area contributed by atoms with Gasteiger partial charge < -0.3 is 24.8 Å². The van der Waals surface area contributed by atoms with Crippen LogP contribution in [0.1, 0.15) is 25.0 Å². The van der Waals surface area contributed by atoms with Gasteiger partial charge in [0, 0.05) is 13.1 Å². The quantitative estimate of drug-likeness (QED) is 0.704. The zero-order valence-electron chi connectivity index (χ0n) is 16.4. The molecule has 2 rings (SSSR count). The zero-order chi connectivity index (χ0) is 19.6. The molecule has 6 heteroatoms. The molecule has 0 unspecified atom stereocenters. The van der Waals surface area contributed by atoms with Crippen molar-refractivity contribution in [3.8, 4) is 17.2 Å². The number of hydrogen-bond acceptors (Lipinski definition) is 4. The Kier molecular flexibility index (Phi) is 7.79. The maximum atomic E-state index is 12.0. The van der Waals surface area contributed by atoms with E-state index in [1.54, 1.807) is 14.2 Å². The van der Waals surface area contributed by atoms with Gasteiger partial charge in [-0.2, -0.15) is 0 Å². The van der Waals surface area contributed by atoms with Crippen molar-refractivity contribution < 1.29 is 19.0 Å². The minimum absolute atomic E-state index is 0.232. The van der Waals surface area contributed by atoms with E-state index >= 15 is 0 Å². The molecule has 0 saturated heterocycles. The van der Waals surface area contributed by atoms with Gasteiger partial charge >= 0.3 is 6.03 Å². The molecule has 2 N–H and O–H groups in total. The molecule has 0 aromatic heterocycles. The molecule has 0 aliphatic carbocycles. The standard InChI is InChI=1S/C21H28N2O4/c1-15(2)14-27-18-8-5-16(6-9-18)12-22-21(24)23-13-17-7-10-19(25-3)20(11-17)26-4/h5-11,15H,12-14H2,1-4H3,(H2,22,23,24). The smallest absolute Gasteiger partial charge is 0.315 e. The molecule has 0 saturated carbocycles. The number of benzene rings is 2. The van der Waals surface area contributed by atoms with Crippen LogP contribution in [0, 0.1) is 5.92 Å². The van der Waals surface area contributed by atoms with Gasteiger partial charge in [-0.15, -0.1) is 0 Å². The highest BCUT2D eigenvalue weighted by atomic mass is 16.5. The van der Waals surface area contributed by atoms with Crippen molar-refractivity contribution in [3.05, 3.63) is 53.6 Å². The van der Waals surface area contributed by atoms with Crippen LogP contribution in [0.4, 0.5) is 4.79 Å². The Labute approximate surface area is 160 Å². The van der Waals surface area contributed by atoms with E-state index < -0.39 is 0 Å². The summed E-state index contributed by atoms with van der Waals surface area (Å²) in [5.41, 5.74) is 1.93. The first kappa shape index (κ1) is 20.4. The molecule has 0 aliphatic rings. The van der Waals surface area contributed by atoms with Crippen molar-refractivity contribution in [2.75, 3.05) is 20.8 Å². The predicted octanol–water partition coefficient (Wildman–Crippen LogP) is 3.74. The molecule has 0 aliphatic heterocycles. The number of methoxy groups -OCH3 is 2. The summed E-state index contributed by atoms with van der Waals surface area (Å²) in [5, 5.41) is 5.67. The Balaban J connectivity index is 1.77. The summed E-state index contributed by atoms with van der Waals surface area (Å²) in [4.78, 5) is 12.0. The lowest BCUT2D eigenvalue weighted by molar-refractivity contribution is 0.240. The predicted molar refractivity (Wildman–Crippen MR) is 105 cm³/mol. The molecular weight excluding hydrogens is 344 g/mol. The van der Waals surface area contributed by atoms with Gasteiger partial charge in [0.05, 0.1) is 20.8 Å². The number of ether oxygens (including phenoxy) is 3. The molecule has 146 valence electrons. The number of carbonyl (C=O) groups excluding carboxylic acids is 1. The number of hydrogen-bond donors (Lipinski definition) is 2. The summed E-state index contributed by atoms with van der Waals surface area (Å²) in [5.74, 6) is 2.62. The van der Waals surface area contributed by atoms with Crippen LogP contribution in [-0.4, -0.2) is 26.9 Å². The monoisotopic (exact) mass is 372 g/mol. The molecule has 2 aromatic rings. The number of nitrogens with one attached hydrogen (secondary N) is 2. The van der Waals surface area contributed by atoms with Crippen LogP contribution in [-0.2, 0) is 13.1 Å². The van der Waals surface area contributed by atoms with Gasteiger partial charge in [-0.3, -0.25) is 0 Å². The van der Waals surface area contributed by atoms with E-state index in [4.69, 9.17) is 14.2 Å². The van der Waals surface area contributed by atoms with E-state index in [0.29, 0.717) is 37.1 Å². The molecule has 2 aromatic carbocycles. The first-order valence-corrected chi connectivity index (χ1v) is 8.96. The number of urea groups is 1. The van der Waals surface area contributed by atoms with Gasteiger partial charge in [0.2, 0.25) is 0 Å². The highest BCUT2D eigenvalue weighted by Gasteiger charge is 2.06. The van der Waals surface area contributed by atoms with Crippen molar-refractivity contribution in [2.45, 2.75) is 26.9 Å². The fourth-order valence-corrected chi connectivity index (χ4v) is 2.38. The summed E-state index contributed by atoms with van der Waals surface area (Å²) in [6, 6.07) is 13.0. The van der Waals surface area contributed by atoms with E-state index in [9.17, 15) is 4.79 Å². The maximum Gasteiger partial charge on any atom is 0.315 e. The molecule has 27 heavy (non-hydrogen) atoms. The van der Waals surface area contributed by atoms with Crippen LogP contribution >= 0.6 is 0 Å². The summed E-state index contributed by atoms with van der Waals surface area (Å²) < 4.78 is 16.1. The second kappa shape index (κ2) is 10.3. The van der Waals surface area contributed by atoms with Crippen LogP contribution in [0.15, 0.2) is 42.5 Å². The van der Waals surface area contributed by atoms with E-state index in [1.807, 2.05) is 42.5 Å². The average molecular weight is 372 g/mol. The van der Waals surface area contributed by atoms with Gasteiger partial charge in [0.1, 0.15) is 5.75 Å². The third-order valence-electron chi connectivity index (χ3n) is 3.86. The lowest BCUT2D eigenvalue weighted by Crippen LogP contribution is -2.34. The van der Waals surface area contributed by atoms with E-state index in [-0.39, 0.29) is 6.03 Å². The van der Waals surface area contributed by atoms with Gasteiger partial charge in [-0.1, -0.05) is 32.0 Å². The summed E-state index contributed by atoms with van der Waals surface area (Å²) in [6.45, 7) is 5.75. The lowest BCUT2D eigenvalue weighted by atomic mass is 10.2. The number of rotatable bonds is 9.